The van der Waals surface area contributed by atoms with Crippen molar-refractivity contribution in [2.45, 2.75) is 25.7 Å². The van der Waals surface area contributed by atoms with E-state index in [9.17, 15) is 9.59 Å². The van der Waals surface area contributed by atoms with Crippen molar-refractivity contribution < 1.29 is 9.59 Å². The molecule has 0 bridgehead atoms. The highest BCUT2D eigenvalue weighted by Crippen LogP contribution is 2.27. The van der Waals surface area contributed by atoms with Crippen LogP contribution in [0.2, 0.25) is 0 Å². The van der Waals surface area contributed by atoms with E-state index in [0.29, 0.717) is 19.3 Å². The second-order valence-corrected chi connectivity index (χ2v) is 4.71. The average molecular weight is 261 g/mol. The molecule has 5 heteroatoms. The van der Waals surface area contributed by atoms with Crippen molar-refractivity contribution in [1.82, 2.24) is 10.9 Å². The van der Waals surface area contributed by atoms with Gasteiger partial charge in [0.05, 0.1) is 0 Å². The summed E-state index contributed by atoms with van der Waals surface area (Å²) in [6.07, 6.45) is 2.51. The number of aryl methyl sites for hydroxylation is 2. The topological polar surface area (TPSA) is 61.4 Å². The summed E-state index contributed by atoms with van der Waals surface area (Å²) in [7, 11) is 3.48. The van der Waals surface area contributed by atoms with E-state index in [-0.39, 0.29) is 11.8 Å². The molecule has 0 atom stereocenters. The highest BCUT2D eigenvalue weighted by Gasteiger charge is 2.20. The summed E-state index contributed by atoms with van der Waals surface area (Å²) >= 11 is 0. The monoisotopic (exact) mass is 261 g/mol. The summed E-state index contributed by atoms with van der Waals surface area (Å²) in [6, 6.07) is 6.06. The van der Waals surface area contributed by atoms with Crippen LogP contribution in [0.4, 0.5) is 5.69 Å². The molecule has 0 saturated carbocycles. The molecule has 1 heterocycles. The number of hydrogen-bond acceptors (Lipinski definition) is 3. The number of hydrazine groups is 1. The van der Waals surface area contributed by atoms with Gasteiger partial charge < -0.3 is 4.90 Å². The number of amides is 2. The average Bonchev–Trinajstić information content (AvgIpc) is 2.41. The zero-order chi connectivity index (χ0) is 13.8. The molecule has 0 unspecified atom stereocenters. The molecule has 2 rings (SSSR count). The van der Waals surface area contributed by atoms with Crippen molar-refractivity contribution in [3.05, 3.63) is 29.3 Å². The first-order valence-corrected chi connectivity index (χ1v) is 6.45. The lowest BCUT2D eigenvalue weighted by Gasteiger charge is -2.26. The van der Waals surface area contributed by atoms with E-state index in [2.05, 4.69) is 16.9 Å². The standard InChI is InChI=1S/C14H19N3O2/c1-15-16-13(18)7-4-10-3-6-12-11(9-10)5-8-14(19)17(12)2/h3,6,9,15H,4-5,7-8H2,1-2H3,(H,16,18). The lowest BCUT2D eigenvalue weighted by atomic mass is 9.97. The lowest BCUT2D eigenvalue weighted by Crippen LogP contribution is -2.34. The van der Waals surface area contributed by atoms with Crippen LogP contribution in [-0.4, -0.2) is 25.9 Å². The fourth-order valence-electron chi connectivity index (χ4n) is 2.33. The number of rotatable bonds is 4. The molecule has 0 aromatic heterocycles. The molecule has 1 aliphatic rings. The third-order valence-corrected chi connectivity index (χ3v) is 3.39. The molecule has 2 amide bonds. The number of nitrogens with zero attached hydrogens (tertiary/aromatic N) is 1. The van der Waals surface area contributed by atoms with Crippen molar-refractivity contribution in [2.75, 3.05) is 19.0 Å². The summed E-state index contributed by atoms with van der Waals surface area (Å²) in [6.45, 7) is 0. The zero-order valence-electron chi connectivity index (χ0n) is 11.3. The van der Waals surface area contributed by atoms with Gasteiger partial charge in [-0.25, -0.2) is 5.43 Å². The van der Waals surface area contributed by atoms with E-state index in [4.69, 9.17) is 0 Å². The zero-order valence-corrected chi connectivity index (χ0v) is 11.3. The van der Waals surface area contributed by atoms with E-state index < -0.39 is 0 Å². The van der Waals surface area contributed by atoms with Gasteiger partial charge >= 0.3 is 0 Å². The van der Waals surface area contributed by atoms with E-state index in [1.165, 1.54) is 5.56 Å². The number of nitrogens with one attached hydrogen (secondary N) is 2. The van der Waals surface area contributed by atoms with Crippen molar-refractivity contribution in [1.29, 1.82) is 0 Å². The van der Waals surface area contributed by atoms with Crippen molar-refractivity contribution in [3.8, 4) is 0 Å². The maximum absolute atomic E-state index is 11.6. The van der Waals surface area contributed by atoms with Crippen LogP contribution < -0.4 is 15.8 Å². The van der Waals surface area contributed by atoms with Crippen molar-refractivity contribution in [3.63, 3.8) is 0 Å². The first-order valence-electron chi connectivity index (χ1n) is 6.45. The Morgan fingerprint density at radius 3 is 2.89 bits per heavy atom. The lowest BCUT2D eigenvalue weighted by molar-refractivity contribution is -0.122. The van der Waals surface area contributed by atoms with Gasteiger partial charge in [-0.3, -0.25) is 15.0 Å². The van der Waals surface area contributed by atoms with E-state index in [1.54, 1.807) is 19.0 Å². The van der Waals surface area contributed by atoms with Crippen LogP contribution in [0.25, 0.3) is 0 Å². The summed E-state index contributed by atoms with van der Waals surface area (Å²) in [4.78, 5) is 24.7. The van der Waals surface area contributed by atoms with E-state index in [1.807, 2.05) is 12.1 Å². The van der Waals surface area contributed by atoms with Crippen LogP contribution in [0.5, 0.6) is 0 Å². The molecule has 2 N–H and O–H groups in total. The van der Waals surface area contributed by atoms with E-state index in [0.717, 1.165) is 17.7 Å². The first kappa shape index (κ1) is 13.5. The van der Waals surface area contributed by atoms with Crippen LogP contribution in [0.15, 0.2) is 18.2 Å². The van der Waals surface area contributed by atoms with Crippen LogP contribution in [-0.2, 0) is 22.4 Å². The van der Waals surface area contributed by atoms with Crippen LogP contribution in [0.3, 0.4) is 0 Å². The number of carbonyl (C=O) groups excluding carboxylic acids is 2. The minimum absolute atomic E-state index is 0.0208. The Bertz CT molecular complexity index is 499. The Balaban J connectivity index is 2.05. The molecule has 0 fully saturated rings. The third kappa shape index (κ3) is 3.12. The minimum Gasteiger partial charge on any atom is -0.315 e. The molecule has 1 aromatic carbocycles. The molecular formula is C14H19N3O2. The Morgan fingerprint density at radius 2 is 2.16 bits per heavy atom. The summed E-state index contributed by atoms with van der Waals surface area (Å²) in [5.41, 5.74) is 8.48. The van der Waals surface area contributed by atoms with Gasteiger partial charge in [0.2, 0.25) is 11.8 Å². The second kappa shape index (κ2) is 5.84. The second-order valence-electron chi connectivity index (χ2n) is 4.71. The summed E-state index contributed by atoms with van der Waals surface area (Å²) in [5, 5.41) is 0. The smallest absolute Gasteiger partial charge is 0.234 e. The predicted octanol–water partition coefficient (Wildman–Crippen LogP) is 0.779. The quantitative estimate of drug-likeness (QED) is 0.787. The predicted molar refractivity (Wildman–Crippen MR) is 73.7 cm³/mol. The number of carbonyl (C=O) groups is 2. The van der Waals surface area contributed by atoms with Gasteiger partial charge in [0.25, 0.3) is 0 Å². The fraction of sp³-hybridized carbons (Fsp3) is 0.429. The Hall–Kier alpha value is -1.88. The maximum Gasteiger partial charge on any atom is 0.234 e. The Morgan fingerprint density at radius 1 is 1.37 bits per heavy atom. The highest BCUT2D eigenvalue weighted by atomic mass is 16.2. The Labute approximate surface area is 112 Å². The number of fused-ring (bicyclic) bond motifs is 1. The maximum atomic E-state index is 11.6. The molecule has 19 heavy (non-hydrogen) atoms. The summed E-state index contributed by atoms with van der Waals surface area (Å²) in [5.74, 6) is 0.140. The van der Waals surface area contributed by atoms with Crippen LogP contribution >= 0.6 is 0 Å². The van der Waals surface area contributed by atoms with Gasteiger partial charge in [-0.05, 0) is 30.0 Å². The van der Waals surface area contributed by atoms with Gasteiger partial charge in [-0.2, -0.15) is 0 Å². The van der Waals surface area contributed by atoms with Gasteiger partial charge in [-0.15, -0.1) is 0 Å². The Kier molecular flexibility index (Phi) is 4.16. The SMILES string of the molecule is CNNC(=O)CCc1ccc2c(c1)CCC(=O)N2C. The van der Waals surface area contributed by atoms with Gasteiger partial charge in [0.1, 0.15) is 0 Å². The van der Waals surface area contributed by atoms with Gasteiger partial charge in [0.15, 0.2) is 0 Å². The number of hydrogen-bond donors (Lipinski definition) is 2. The summed E-state index contributed by atoms with van der Waals surface area (Å²) < 4.78 is 0. The first-order chi connectivity index (χ1) is 9.11. The van der Waals surface area contributed by atoms with Crippen LogP contribution in [0, 0.1) is 0 Å². The van der Waals surface area contributed by atoms with Gasteiger partial charge in [0, 0.05) is 32.6 Å². The molecule has 1 aliphatic heterocycles. The van der Waals surface area contributed by atoms with Crippen molar-refractivity contribution in [2.24, 2.45) is 0 Å². The van der Waals surface area contributed by atoms with E-state index >= 15 is 0 Å². The molecule has 5 nitrogen and oxygen atoms in total. The molecule has 102 valence electrons. The number of anilines is 1. The largest absolute Gasteiger partial charge is 0.315 e. The molecule has 0 radical (unpaired) electrons. The third-order valence-electron chi connectivity index (χ3n) is 3.39. The fourth-order valence-corrected chi connectivity index (χ4v) is 2.33. The van der Waals surface area contributed by atoms with Gasteiger partial charge in [-0.1, -0.05) is 12.1 Å². The molecule has 0 aliphatic carbocycles. The number of benzene rings is 1. The van der Waals surface area contributed by atoms with Crippen LogP contribution in [0.1, 0.15) is 24.0 Å². The normalized spacial score (nSPS) is 14.2. The van der Waals surface area contributed by atoms with Crippen molar-refractivity contribution >= 4 is 17.5 Å². The highest BCUT2D eigenvalue weighted by molar-refractivity contribution is 5.95. The molecule has 0 saturated heterocycles. The molecule has 0 spiro atoms. The minimum atomic E-state index is -0.0208. The molecule has 1 aromatic rings. The molecular weight excluding hydrogens is 242 g/mol.